The van der Waals surface area contributed by atoms with Crippen molar-refractivity contribution in [3.05, 3.63) is 28.8 Å². The molecule has 176 valence electrons. The van der Waals surface area contributed by atoms with Crippen molar-refractivity contribution in [3.8, 4) is 0 Å². The fraction of sp³-hybridized carbons (Fsp3) is 0.500. The van der Waals surface area contributed by atoms with Gasteiger partial charge in [0.1, 0.15) is 22.5 Å². The predicted octanol–water partition coefficient (Wildman–Crippen LogP) is 2.01. The molecule has 0 spiro atoms. The summed E-state index contributed by atoms with van der Waals surface area (Å²) in [4.78, 5) is 55.8. The zero-order valence-electron chi connectivity index (χ0n) is 18.9. The molecule has 1 N–H and O–H groups in total. The molecule has 1 saturated heterocycles. The van der Waals surface area contributed by atoms with Gasteiger partial charge in [-0.2, -0.15) is 0 Å². The molecule has 0 bridgehead atoms. The first-order valence-electron chi connectivity index (χ1n) is 10.5. The number of amides is 1. The molecule has 1 amide bonds. The molecule has 2 aromatic rings. The van der Waals surface area contributed by atoms with Crippen LogP contribution in [0.1, 0.15) is 57.2 Å². The Balaban J connectivity index is 1.68. The van der Waals surface area contributed by atoms with Crippen molar-refractivity contribution in [3.63, 3.8) is 0 Å². The van der Waals surface area contributed by atoms with Crippen molar-refractivity contribution in [1.82, 2.24) is 14.3 Å². The minimum Gasteiger partial charge on any atom is -0.427 e. The molecule has 10 nitrogen and oxygen atoms in total. The van der Waals surface area contributed by atoms with E-state index in [-0.39, 0.29) is 17.4 Å². The number of ether oxygens (including phenoxy) is 2. The molecule has 33 heavy (non-hydrogen) atoms. The number of aliphatic hydroxyl groups is 1. The molecule has 2 aromatic heterocycles. The van der Waals surface area contributed by atoms with Gasteiger partial charge in [-0.15, -0.1) is 11.3 Å². The lowest BCUT2D eigenvalue weighted by atomic mass is 9.83. The van der Waals surface area contributed by atoms with Gasteiger partial charge in [0.05, 0.1) is 29.2 Å². The number of thiazole rings is 1. The molecular weight excluding hydrogens is 450 g/mol. The van der Waals surface area contributed by atoms with Gasteiger partial charge in [0.2, 0.25) is 12.7 Å². The normalized spacial score (nSPS) is 21.2. The van der Waals surface area contributed by atoms with Crippen molar-refractivity contribution in [1.29, 1.82) is 0 Å². The molecule has 3 atom stereocenters. The van der Waals surface area contributed by atoms with Crippen molar-refractivity contribution in [2.24, 2.45) is 11.3 Å². The number of carbonyl (C=O) groups is 4. The number of aromatic nitrogens is 2. The van der Waals surface area contributed by atoms with E-state index in [1.54, 1.807) is 37.5 Å². The highest BCUT2D eigenvalue weighted by Gasteiger charge is 2.57. The zero-order chi connectivity index (χ0) is 24.2. The van der Waals surface area contributed by atoms with E-state index in [1.807, 2.05) is 0 Å². The van der Waals surface area contributed by atoms with Crippen LogP contribution in [0.4, 0.5) is 0 Å². The Hall–Kier alpha value is -3.05. The van der Waals surface area contributed by atoms with Gasteiger partial charge in [-0.1, -0.05) is 0 Å². The smallest absolute Gasteiger partial charge is 0.358 e. The van der Waals surface area contributed by atoms with E-state index in [9.17, 15) is 24.3 Å². The molecular formula is C22H25N3O7S. The van der Waals surface area contributed by atoms with Gasteiger partial charge in [-0.05, 0) is 34.1 Å². The third-order valence-corrected chi connectivity index (χ3v) is 6.78. The number of fused-ring (bicyclic) bond motifs is 2. The molecule has 4 rings (SSSR count). The lowest BCUT2D eigenvalue weighted by Crippen LogP contribution is -2.61. The Kier molecular flexibility index (Phi) is 5.65. The Morgan fingerprint density at radius 1 is 1.30 bits per heavy atom. The average molecular weight is 476 g/mol. The molecule has 0 unspecified atom stereocenters. The maximum Gasteiger partial charge on any atom is 0.358 e. The average Bonchev–Trinajstić information content (AvgIpc) is 3.37. The minimum atomic E-state index is -0.872. The topological polar surface area (TPSA) is 128 Å². The van der Waals surface area contributed by atoms with Gasteiger partial charge < -0.3 is 19.5 Å². The van der Waals surface area contributed by atoms with E-state index < -0.39 is 42.2 Å². The highest BCUT2D eigenvalue weighted by atomic mass is 32.1. The largest absolute Gasteiger partial charge is 0.427 e. The molecule has 1 fully saturated rings. The van der Waals surface area contributed by atoms with Gasteiger partial charge in [0.25, 0.3) is 0 Å². The summed E-state index contributed by atoms with van der Waals surface area (Å²) in [5.41, 5.74) is 0.768. The number of imidazole rings is 1. The number of aliphatic hydroxyl groups excluding tert-OH is 1. The highest BCUT2D eigenvalue weighted by molar-refractivity contribution is 7.16. The highest BCUT2D eigenvalue weighted by Crippen LogP contribution is 2.47. The van der Waals surface area contributed by atoms with E-state index >= 15 is 0 Å². The maximum atomic E-state index is 13.0. The number of esters is 2. The van der Waals surface area contributed by atoms with Crippen LogP contribution in [-0.2, 0) is 23.9 Å². The molecule has 0 saturated carbocycles. The Morgan fingerprint density at radius 3 is 2.61 bits per heavy atom. The number of hydrogen-bond donors (Lipinski definition) is 1. The van der Waals surface area contributed by atoms with Crippen LogP contribution < -0.4 is 0 Å². The summed E-state index contributed by atoms with van der Waals surface area (Å²) in [5, 5.41) is 11.8. The standard InChI is InChI=1S/C22H25N3O7S/c1-10(26)15-13-6-12(14-7-33-19-16(11(2)27)23-8-24(14)19)17(25(13)18(15)28)20(29)31-9-32-21(30)22(3,4)5/h7-8,10,13,15,26H,6,9H2,1-5H3/t10-,13-,15-/m1/s1. The lowest BCUT2D eigenvalue weighted by molar-refractivity contribution is -0.175. The predicted molar refractivity (Wildman–Crippen MR) is 117 cm³/mol. The van der Waals surface area contributed by atoms with Crippen LogP contribution in [0.15, 0.2) is 17.4 Å². The van der Waals surface area contributed by atoms with Gasteiger partial charge in [-0.3, -0.25) is 18.8 Å². The summed E-state index contributed by atoms with van der Waals surface area (Å²) >= 11 is 1.30. The number of ketones is 1. The van der Waals surface area contributed by atoms with Crippen molar-refractivity contribution in [2.45, 2.75) is 53.2 Å². The van der Waals surface area contributed by atoms with Crippen LogP contribution >= 0.6 is 11.3 Å². The molecule has 2 aliphatic heterocycles. The molecule has 0 aliphatic carbocycles. The summed E-state index contributed by atoms with van der Waals surface area (Å²) in [6.45, 7) is 7.41. The van der Waals surface area contributed by atoms with Gasteiger partial charge >= 0.3 is 11.9 Å². The van der Waals surface area contributed by atoms with Crippen molar-refractivity contribution in [2.75, 3.05) is 6.79 Å². The molecule has 2 aliphatic rings. The number of hydrogen-bond acceptors (Lipinski definition) is 9. The van der Waals surface area contributed by atoms with Crippen LogP contribution in [0.3, 0.4) is 0 Å². The third kappa shape index (κ3) is 3.74. The van der Waals surface area contributed by atoms with E-state index in [4.69, 9.17) is 9.47 Å². The van der Waals surface area contributed by atoms with E-state index in [2.05, 4.69) is 4.98 Å². The fourth-order valence-corrected chi connectivity index (χ4v) is 5.20. The minimum absolute atomic E-state index is 0.0477. The first kappa shape index (κ1) is 23.1. The van der Waals surface area contributed by atoms with Crippen LogP contribution in [0.25, 0.3) is 10.4 Å². The number of carbonyl (C=O) groups excluding carboxylic acids is 4. The summed E-state index contributed by atoms with van der Waals surface area (Å²) in [6.07, 6.45) is 0.957. The molecule has 0 radical (unpaired) electrons. The lowest BCUT2D eigenvalue weighted by Gasteiger charge is -2.44. The van der Waals surface area contributed by atoms with Gasteiger partial charge in [0.15, 0.2) is 5.78 Å². The molecule has 0 aromatic carbocycles. The second kappa shape index (κ2) is 8.07. The Labute approximate surface area is 193 Å². The molecule has 11 heteroatoms. The summed E-state index contributed by atoms with van der Waals surface area (Å²) in [5.74, 6) is -2.52. The number of nitrogens with zero attached hydrogens (tertiary/aromatic N) is 3. The summed E-state index contributed by atoms with van der Waals surface area (Å²) in [6, 6.07) is -0.391. The van der Waals surface area contributed by atoms with Crippen LogP contribution in [0.2, 0.25) is 0 Å². The number of rotatable bonds is 6. The second-order valence-corrected chi connectivity index (χ2v) is 10.1. The van der Waals surface area contributed by atoms with Crippen molar-refractivity contribution < 1.29 is 33.8 Å². The van der Waals surface area contributed by atoms with Crippen LogP contribution in [0, 0.1) is 11.3 Å². The van der Waals surface area contributed by atoms with Gasteiger partial charge in [0, 0.05) is 17.9 Å². The number of Topliss-reactive ketones (excluding diaryl/α,β-unsaturated/α-hetero) is 1. The Bertz CT molecular complexity index is 1200. The van der Waals surface area contributed by atoms with E-state index in [0.29, 0.717) is 28.2 Å². The van der Waals surface area contributed by atoms with Gasteiger partial charge in [-0.25, -0.2) is 9.78 Å². The summed E-state index contributed by atoms with van der Waals surface area (Å²) < 4.78 is 11.9. The zero-order valence-corrected chi connectivity index (χ0v) is 19.8. The number of β-lactam (4-membered cyclic amide) rings is 1. The van der Waals surface area contributed by atoms with Crippen LogP contribution in [-0.4, -0.2) is 62.0 Å². The first-order valence-corrected chi connectivity index (χ1v) is 11.4. The second-order valence-electron chi connectivity index (χ2n) is 9.25. The summed E-state index contributed by atoms with van der Waals surface area (Å²) in [7, 11) is 0. The van der Waals surface area contributed by atoms with Crippen LogP contribution in [0.5, 0.6) is 0 Å². The monoisotopic (exact) mass is 475 g/mol. The van der Waals surface area contributed by atoms with E-state index in [1.165, 1.54) is 29.5 Å². The van der Waals surface area contributed by atoms with Crippen molar-refractivity contribution >= 4 is 45.4 Å². The quantitative estimate of drug-likeness (QED) is 0.291. The molecule has 4 heterocycles. The third-order valence-electron chi connectivity index (χ3n) is 5.82. The fourth-order valence-electron chi connectivity index (χ4n) is 4.16. The maximum absolute atomic E-state index is 13.0. The van der Waals surface area contributed by atoms with E-state index in [0.717, 1.165) is 0 Å². The SMILES string of the molecule is CC(=O)c1ncn2c(C3=C(C(=O)OCOC(=O)C(C)(C)C)N4C(=O)[C@H]([C@@H](C)O)[C@H]4C3)csc12. The first-order chi connectivity index (χ1) is 15.4. The Morgan fingerprint density at radius 2 is 2.00 bits per heavy atom.